The number of thiophene rings is 1. The summed E-state index contributed by atoms with van der Waals surface area (Å²) in [7, 11) is -3.70. The fourth-order valence-electron chi connectivity index (χ4n) is 3.64. The smallest absolute Gasteiger partial charge is 0.221 e. The molecule has 0 aromatic carbocycles. The Labute approximate surface area is 150 Å². The number of rotatable bonds is 4. The molecule has 25 heavy (non-hydrogen) atoms. The van der Waals surface area contributed by atoms with Crippen LogP contribution in [0.15, 0.2) is 39.0 Å². The fourth-order valence-corrected chi connectivity index (χ4v) is 6.26. The number of nitrogen functional groups attached to an aromatic ring is 1. The van der Waals surface area contributed by atoms with Gasteiger partial charge in [0.1, 0.15) is 20.4 Å². The van der Waals surface area contributed by atoms with Crippen molar-refractivity contribution in [1.82, 2.24) is 14.5 Å². The Morgan fingerprint density at radius 2 is 1.96 bits per heavy atom. The van der Waals surface area contributed by atoms with E-state index in [9.17, 15) is 8.42 Å². The Hall–Kier alpha value is -1.93. The van der Waals surface area contributed by atoms with E-state index < -0.39 is 9.84 Å². The summed E-state index contributed by atoms with van der Waals surface area (Å²) >= 11 is 1.19. The molecule has 3 aromatic rings. The Kier molecular flexibility index (Phi) is 4.24. The fraction of sp³-hybridized carbons (Fsp3) is 0.412. The van der Waals surface area contributed by atoms with Gasteiger partial charge in [-0.1, -0.05) is 25.3 Å². The third-order valence-electron chi connectivity index (χ3n) is 4.87. The van der Waals surface area contributed by atoms with Crippen molar-refractivity contribution < 1.29 is 8.42 Å². The normalized spacial score (nSPS) is 16.5. The summed E-state index contributed by atoms with van der Waals surface area (Å²) in [6.07, 6.45) is 9.10. The Bertz CT molecular complexity index is 987. The lowest BCUT2D eigenvalue weighted by Crippen LogP contribution is -2.16. The second kappa shape index (κ2) is 6.42. The van der Waals surface area contributed by atoms with Crippen LogP contribution < -0.4 is 5.73 Å². The quantitative estimate of drug-likeness (QED) is 0.753. The number of nitrogens with zero attached hydrogens (tertiary/aromatic N) is 3. The van der Waals surface area contributed by atoms with E-state index in [0.717, 1.165) is 12.8 Å². The second-order valence-electron chi connectivity index (χ2n) is 6.49. The molecule has 132 valence electrons. The van der Waals surface area contributed by atoms with Gasteiger partial charge in [0.05, 0.1) is 0 Å². The SMILES string of the molecule is Nc1c(S(=O)(=O)c2cccs2)c2nccnc2n1CC1CCCCC1. The van der Waals surface area contributed by atoms with Crippen molar-refractivity contribution in [3.63, 3.8) is 0 Å². The van der Waals surface area contributed by atoms with Crippen molar-refractivity contribution in [3.05, 3.63) is 29.9 Å². The summed E-state index contributed by atoms with van der Waals surface area (Å²) in [5.74, 6) is 0.756. The van der Waals surface area contributed by atoms with E-state index in [-0.39, 0.29) is 14.9 Å². The third-order valence-corrected chi connectivity index (χ3v) is 8.08. The maximum Gasteiger partial charge on any atom is 0.221 e. The zero-order chi connectivity index (χ0) is 17.4. The molecule has 0 unspecified atom stereocenters. The molecule has 1 aliphatic carbocycles. The molecule has 0 aliphatic heterocycles. The summed E-state index contributed by atoms with van der Waals surface area (Å²) in [5.41, 5.74) is 7.26. The number of sulfone groups is 1. The summed E-state index contributed by atoms with van der Waals surface area (Å²) in [5, 5.41) is 1.75. The Morgan fingerprint density at radius 1 is 1.20 bits per heavy atom. The van der Waals surface area contributed by atoms with E-state index in [2.05, 4.69) is 9.97 Å². The third kappa shape index (κ3) is 2.83. The maximum atomic E-state index is 13.1. The molecule has 8 heteroatoms. The highest BCUT2D eigenvalue weighted by Gasteiger charge is 2.31. The van der Waals surface area contributed by atoms with Crippen molar-refractivity contribution >= 4 is 38.2 Å². The van der Waals surface area contributed by atoms with Crippen LogP contribution in [-0.2, 0) is 16.4 Å². The highest BCUT2D eigenvalue weighted by Crippen LogP contribution is 2.37. The molecule has 6 nitrogen and oxygen atoms in total. The molecule has 3 aromatic heterocycles. The van der Waals surface area contributed by atoms with Gasteiger partial charge in [0.15, 0.2) is 5.65 Å². The van der Waals surface area contributed by atoms with Gasteiger partial charge < -0.3 is 10.3 Å². The van der Waals surface area contributed by atoms with Crippen LogP contribution in [0.4, 0.5) is 5.82 Å². The molecule has 1 aliphatic rings. The Balaban J connectivity index is 1.87. The molecule has 1 fully saturated rings. The van der Waals surface area contributed by atoms with Crippen molar-refractivity contribution in [1.29, 1.82) is 0 Å². The molecule has 1 saturated carbocycles. The molecule has 0 amide bonds. The van der Waals surface area contributed by atoms with E-state index >= 15 is 0 Å². The summed E-state index contributed by atoms with van der Waals surface area (Å²) in [6, 6.07) is 3.32. The van der Waals surface area contributed by atoms with Crippen LogP contribution in [-0.4, -0.2) is 23.0 Å². The maximum absolute atomic E-state index is 13.1. The highest BCUT2D eigenvalue weighted by molar-refractivity contribution is 7.93. The molecule has 4 rings (SSSR count). The van der Waals surface area contributed by atoms with E-state index in [1.807, 2.05) is 4.57 Å². The van der Waals surface area contributed by atoms with Crippen LogP contribution in [0.1, 0.15) is 32.1 Å². The van der Waals surface area contributed by atoms with E-state index in [1.54, 1.807) is 23.7 Å². The average Bonchev–Trinajstić information content (AvgIpc) is 3.24. The molecule has 2 N–H and O–H groups in total. The van der Waals surface area contributed by atoms with Crippen LogP contribution in [0.3, 0.4) is 0 Å². The van der Waals surface area contributed by atoms with Crippen LogP contribution >= 0.6 is 11.3 Å². The largest absolute Gasteiger partial charge is 0.384 e. The summed E-state index contributed by atoms with van der Waals surface area (Å²) in [4.78, 5) is 8.77. The van der Waals surface area contributed by atoms with Gasteiger partial charge in [0, 0.05) is 18.9 Å². The number of aromatic nitrogens is 3. The van der Waals surface area contributed by atoms with E-state index in [4.69, 9.17) is 5.73 Å². The summed E-state index contributed by atoms with van der Waals surface area (Å²) < 4.78 is 28.3. The first kappa shape index (κ1) is 16.5. The summed E-state index contributed by atoms with van der Waals surface area (Å²) in [6.45, 7) is 0.695. The molecule has 0 spiro atoms. The standard InChI is InChI=1S/C17H20N4O2S2/c18-16-15(25(22,23)13-7-4-10-24-13)14-17(20-9-8-19-14)21(16)11-12-5-2-1-3-6-12/h4,7-10,12H,1-3,5-6,11,18H2. The zero-order valence-electron chi connectivity index (χ0n) is 13.8. The van der Waals surface area contributed by atoms with Crippen LogP contribution in [0.5, 0.6) is 0 Å². The van der Waals surface area contributed by atoms with Crippen molar-refractivity contribution in [2.75, 3.05) is 5.73 Å². The number of fused-ring (bicyclic) bond motifs is 1. The number of anilines is 1. The monoisotopic (exact) mass is 376 g/mol. The second-order valence-corrected chi connectivity index (χ2v) is 9.55. The first-order valence-electron chi connectivity index (χ1n) is 8.46. The van der Waals surface area contributed by atoms with Crippen molar-refractivity contribution in [2.24, 2.45) is 5.92 Å². The van der Waals surface area contributed by atoms with E-state index in [0.29, 0.717) is 23.6 Å². The van der Waals surface area contributed by atoms with Gasteiger partial charge in [0.2, 0.25) is 9.84 Å². The van der Waals surface area contributed by atoms with E-state index in [1.165, 1.54) is 36.8 Å². The van der Waals surface area contributed by atoms with Crippen LogP contribution in [0, 0.1) is 5.92 Å². The lowest BCUT2D eigenvalue weighted by molar-refractivity contribution is 0.323. The molecular formula is C17H20N4O2S2. The minimum Gasteiger partial charge on any atom is -0.384 e. The van der Waals surface area contributed by atoms with Gasteiger partial charge in [-0.05, 0) is 30.2 Å². The molecular weight excluding hydrogens is 356 g/mol. The van der Waals surface area contributed by atoms with Gasteiger partial charge in [-0.15, -0.1) is 11.3 Å². The van der Waals surface area contributed by atoms with Crippen LogP contribution in [0.25, 0.3) is 11.2 Å². The van der Waals surface area contributed by atoms with Crippen molar-refractivity contribution in [3.8, 4) is 0 Å². The predicted molar refractivity (Wildman–Crippen MR) is 98.3 cm³/mol. The average molecular weight is 377 g/mol. The minimum atomic E-state index is -3.70. The van der Waals surface area contributed by atoms with Gasteiger partial charge in [-0.3, -0.25) is 0 Å². The molecule has 0 bridgehead atoms. The Morgan fingerprint density at radius 3 is 2.68 bits per heavy atom. The number of hydrogen-bond donors (Lipinski definition) is 1. The van der Waals surface area contributed by atoms with Gasteiger partial charge in [-0.25, -0.2) is 18.4 Å². The molecule has 3 heterocycles. The highest BCUT2D eigenvalue weighted by atomic mass is 32.2. The number of nitrogens with two attached hydrogens (primary N) is 1. The lowest BCUT2D eigenvalue weighted by atomic mass is 9.89. The number of hydrogen-bond acceptors (Lipinski definition) is 6. The predicted octanol–water partition coefficient (Wildman–Crippen LogP) is 3.49. The molecule has 0 radical (unpaired) electrons. The molecule has 0 saturated heterocycles. The van der Waals surface area contributed by atoms with Gasteiger partial charge in [0.25, 0.3) is 0 Å². The first-order chi connectivity index (χ1) is 12.1. The minimum absolute atomic E-state index is 0.0915. The van der Waals surface area contributed by atoms with Gasteiger partial charge in [-0.2, -0.15) is 0 Å². The van der Waals surface area contributed by atoms with Crippen molar-refractivity contribution in [2.45, 2.75) is 47.8 Å². The van der Waals surface area contributed by atoms with Gasteiger partial charge >= 0.3 is 0 Å². The zero-order valence-corrected chi connectivity index (χ0v) is 15.4. The molecule has 0 atom stereocenters. The first-order valence-corrected chi connectivity index (χ1v) is 10.8. The van der Waals surface area contributed by atoms with Crippen LogP contribution in [0.2, 0.25) is 0 Å². The lowest BCUT2D eigenvalue weighted by Gasteiger charge is -2.22. The topological polar surface area (TPSA) is 90.9 Å².